The average molecular weight is 1180 g/mol. The number of carboxylic acids is 6. The molecule has 0 aliphatic carbocycles. The van der Waals surface area contributed by atoms with Crippen molar-refractivity contribution in [2.45, 2.75) is 101 Å². The number of fused-ring (bicyclic) bond motifs is 2. The Kier molecular flexibility index (Phi) is 33.0. The molecule has 0 aliphatic heterocycles. The molecule has 0 saturated carbocycles. The lowest BCUT2D eigenvalue weighted by Crippen LogP contribution is -2.59. The highest BCUT2D eigenvalue weighted by Crippen LogP contribution is 2.29. The maximum Gasteiger partial charge on any atom is 0.407 e. The molecule has 83 heavy (non-hydrogen) atoms. The lowest BCUT2D eigenvalue weighted by Gasteiger charge is -2.34. The van der Waals surface area contributed by atoms with Crippen LogP contribution in [0.25, 0.3) is 21.5 Å². The second-order valence-corrected chi connectivity index (χ2v) is 19.5. The molecule has 0 bridgehead atoms. The van der Waals surface area contributed by atoms with Gasteiger partial charge in [0.05, 0.1) is 130 Å². The molecular formula is C56H77N3O24. The van der Waals surface area contributed by atoms with Gasteiger partial charge in [0, 0.05) is 50.1 Å². The molecule has 27 heteroatoms. The highest BCUT2D eigenvalue weighted by molar-refractivity contribution is 6.02. The van der Waals surface area contributed by atoms with Crippen LogP contribution < -0.4 is 16.0 Å². The molecule has 0 radical (unpaired) electrons. The van der Waals surface area contributed by atoms with Crippen molar-refractivity contribution in [1.82, 2.24) is 16.0 Å². The summed E-state index contributed by atoms with van der Waals surface area (Å²) in [6.45, 7) is -3.76. The molecule has 0 saturated heterocycles. The Balaban J connectivity index is 1.70. The second kappa shape index (κ2) is 39.1. The smallest absolute Gasteiger partial charge is 0.407 e. The zero-order chi connectivity index (χ0) is 60.9. The van der Waals surface area contributed by atoms with Crippen LogP contribution in [0.2, 0.25) is 0 Å². The Morgan fingerprint density at radius 2 is 0.831 bits per heavy atom. The van der Waals surface area contributed by atoms with Crippen molar-refractivity contribution in [3.8, 4) is 0 Å². The van der Waals surface area contributed by atoms with Crippen molar-refractivity contribution >= 4 is 81.1 Å². The van der Waals surface area contributed by atoms with Crippen LogP contribution in [-0.4, -0.2) is 200 Å². The number of benzene rings is 3. The molecule has 9 N–H and O–H groups in total. The monoisotopic (exact) mass is 1180 g/mol. The van der Waals surface area contributed by atoms with Gasteiger partial charge in [0.1, 0.15) is 17.9 Å². The predicted octanol–water partition coefficient (Wildman–Crippen LogP) is 3.81. The maximum absolute atomic E-state index is 13.5. The van der Waals surface area contributed by atoms with E-state index in [9.17, 15) is 53.1 Å². The molecule has 0 aliphatic rings. The van der Waals surface area contributed by atoms with E-state index >= 15 is 0 Å². The van der Waals surface area contributed by atoms with E-state index in [1.807, 2.05) is 48.5 Å². The van der Waals surface area contributed by atoms with Crippen LogP contribution in [0.1, 0.15) is 89.0 Å². The van der Waals surface area contributed by atoms with Crippen LogP contribution >= 0.6 is 0 Å². The topological polar surface area (TPSA) is 402 Å². The van der Waals surface area contributed by atoms with Crippen LogP contribution in [0.15, 0.2) is 54.6 Å². The predicted molar refractivity (Wildman–Crippen MR) is 291 cm³/mol. The maximum atomic E-state index is 13.5. The fourth-order valence-corrected chi connectivity index (χ4v) is 8.33. The normalized spacial score (nSPS) is 11.9. The van der Waals surface area contributed by atoms with Crippen LogP contribution in [0.3, 0.4) is 0 Å². The lowest BCUT2D eigenvalue weighted by atomic mass is 9.93. The number of hydrogen-bond acceptors (Lipinski definition) is 18. The lowest BCUT2D eigenvalue weighted by molar-refractivity contribution is -0.141. The van der Waals surface area contributed by atoms with Crippen LogP contribution in [-0.2, 0) is 87.7 Å². The highest BCUT2D eigenvalue weighted by Gasteiger charge is 2.35. The molecule has 0 fully saturated rings. The third kappa shape index (κ3) is 30.5. The number of Topliss-reactive ketones (excluding diaryl/α,β-unsaturated/α-hetero) is 1. The molecule has 3 amide bonds. The van der Waals surface area contributed by atoms with Gasteiger partial charge in [-0.3, -0.25) is 43.2 Å². The van der Waals surface area contributed by atoms with E-state index in [0.29, 0.717) is 0 Å². The molecule has 460 valence electrons. The van der Waals surface area contributed by atoms with E-state index in [1.165, 1.54) is 0 Å². The minimum atomic E-state index is -1.54. The summed E-state index contributed by atoms with van der Waals surface area (Å²) in [5.74, 6) is -9.09. The van der Waals surface area contributed by atoms with Gasteiger partial charge >= 0.3 is 41.9 Å². The zero-order valence-electron chi connectivity index (χ0n) is 46.3. The van der Waals surface area contributed by atoms with Crippen LogP contribution in [0, 0.1) is 5.92 Å². The number of carbonyl (C=O) groups excluding carboxylic acids is 4. The average Bonchev–Trinajstić information content (AvgIpc) is 3.53. The molecule has 3 aromatic carbocycles. The summed E-state index contributed by atoms with van der Waals surface area (Å²) >= 11 is 0. The Morgan fingerprint density at radius 1 is 0.446 bits per heavy atom. The van der Waals surface area contributed by atoms with Gasteiger partial charge in [-0.05, 0) is 46.9 Å². The van der Waals surface area contributed by atoms with Gasteiger partial charge in [-0.25, -0.2) is 4.79 Å². The van der Waals surface area contributed by atoms with Crippen molar-refractivity contribution < 1.29 is 116 Å². The summed E-state index contributed by atoms with van der Waals surface area (Å²) in [5.41, 5.74) is -2.10. The Morgan fingerprint density at radius 3 is 1.25 bits per heavy atom. The molecule has 0 spiro atoms. The second-order valence-electron chi connectivity index (χ2n) is 19.5. The van der Waals surface area contributed by atoms with Crippen molar-refractivity contribution in [2.24, 2.45) is 5.92 Å². The van der Waals surface area contributed by atoms with Gasteiger partial charge in [0.2, 0.25) is 11.8 Å². The largest absolute Gasteiger partial charge is 0.481 e. The number of nitrogens with one attached hydrogen (secondary N) is 3. The van der Waals surface area contributed by atoms with Crippen molar-refractivity contribution in [3.63, 3.8) is 0 Å². The Bertz CT molecular complexity index is 2440. The number of amides is 3. The molecule has 1 atom stereocenters. The first-order chi connectivity index (χ1) is 39.7. The van der Waals surface area contributed by atoms with Crippen LogP contribution in [0.4, 0.5) is 4.79 Å². The van der Waals surface area contributed by atoms with E-state index in [0.717, 1.165) is 27.1 Å². The van der Waals surface area contributed by atoms with Gasteiger partial charge < -0.3 is 84.5 Å². The van der Waals surface area contributed by atoms with Crippen molar-refractivity contribution in [1.29, 1.82) is 0 Å². The summed E-state index contributed by atoms with van der Waals surface area (Å²) in [6.07, 6.45) is -3.35. The molecular weight excluding hydrogens is 1100 g/mol. The van der Waals surface area contributed by atoms with Gasteiger partial charge in [0.15, 0.2) is 0 Å². The first kappa shape index (κ1) is 69.9. The van der Waals surface area contributed by atoms with E-state index in [4.69, 9.17) is 63.4 Å². The van der Waals surface area contributed by atoms with Crippen molar-refractivity contribution in [2.75, 3.05) is 99.0 Å². The minimum Gasteiger partial charge on any atom is -0.481 e. The standard InChI is InChI=1S/C56H77N3O24/c60-42(9-6-21-57-54(75)83-33-45-43-10-3-1-7-40(43)30-41-8-2-4-11-44(41)45)29-39(31-76-22-13-46(61)58-55(20-5-12-48(63)64,34-78-24-15-49(65)66)35-79-25-16-50(67)68)32-77-23-14-47(62)59-56(36-80-26-17-51(69)70,37-81-27-18-52(71)72)38-82-28-19-53(73)74/h1-4,7-8,10-11,30,39H,5-6,9,12-29,31-38H2,(H,57,75)(H,58,61)(H,59,62)(H,63,64)(H,65,66)(H,67,68)(H,69,70)(H,71,72)(H,73,74). The van der Waals surface area contributed by atoms with Gasteiger partial charge in [-0.1, -0.05) is 48.5 Å². The highest BCUT2D eigenvalue weighted by atomic mass is 16.6. The quantitative estimate of drug-likeness (QED) is 0.0287. The van der Waals surface area contributed by atoms with Gasteiger partial charge in [-0.15, -0.1) is 0 Å². The fraction of sp³-hybridized carbons (Fsp3) is 0.571. The van der Waals surface area contributed by atoms with E-state index in [1.54, 1.807) is 0 Å². The molecule has 1 unspecified atom stereocenters. The number of hydrogen-bond donors (Lipinski definition) is 9. The summed E-state index contributed by atoms with van der Waals surface area (Å²) in [5, 5.41) is 66.9. The SMILES string of the molecule is O=C(O)CCCC(COCCC(=O)O)(COCCC(=O)O)NC(=O)CCOCC(COCCC(=O)NC(COCCC(=O)O)(COCCC(=O)O)COCCC(=O)O)CC(=O)CCCNC(=O)OCc1c2ccccc2cc2ccccc12. The third-order valence-electron chi connectivity index (χ3n) is 12.4. The molecule has 0 heterocycles. The van der Waals surface area contributed by atoms with Crippen molar-refractivity contribution in [3.05, 3.63) is 60.2 Å². The number of alkyl carbamates (subject to hydrolysis) is 1. The number of ether oxygens (including phenoxy) is 8. The van der Waals surface area contributed by atoms with Crippen LogP contribution in [0.5, 0.6) is 0 Å². The summed E-state index contributed by atoms with van der Waals surface area (Å²) in [7, 11) is 0. The zero-order valence-corrected chi connectivity index (χ0v) is 46.3. The number of rotatable bonds is 49. The first-order valence-corrected chi connectivity index (χ1v) is 27.0. The number of carbonyl (C=O) groups is 10. The van der Waals surface area contributed by atoms with Gasteiger partial charge in [0.25, 0.3) is 0 Å². The molecule has 3 aromatic rings. The minimum absolute atomic E-state index is 0.00643. The molecule has 0 aromatic heterocycles. The van der Waals surface area contributed by atoms with E-state index in [2.05, 4.69) is 22.0 Å². The summed E-state index contributed by atoms with van der Waals surface area (Å²) < 4.78 is 45.1. The number of aliphatic carboxylic acids is 6. The summed E-state index contributed by atoms with van der Waals surface area (Å²) in [6, 6.07) is 17.6. The molecule has 3 rings (SSSR count). The summed E-state index contributed by atoms with van der Waals surface area (Å²) in [4.78, 5) is 121. The third-order valence-corrected chi connectivity index (χ3v) is 12.4. The Labute approximate surface area is 478 Å². The van der Waals surface area contributed by atoms with Gasteiger partial charge in [-0.2, -0.15) is 0 Å². The van der Waals surface area contributed by atoms with E-state index < -0.39 is 90.0 Å². The number of carboxylic acid groups (broad SMARTS) is 6. The van der Waals surface area contributed by atoms with E-state index in [-0.39, 0.29) is 176 Å². The Hall–Kier alpha value is -7.40. The number of ketones is 1. The molecule has 27 nitrogen and oxygen atoms in total. The first-order valence-electron chi connectivity index (χ1n) is 27.0. The fourth-order valence-electron chi connectivity index (χ4n) is 8.33.